The van der Waals surface area contributed by atoms with Gasteiger partial charge in [0.1, 0.15) is 0 Å². The third-order valence-corrected chi connectivity index (χ3v) is 8.34. The minimum absolute atomic E-state index is 0.101. The number of rotatable bonds is 5. The molecule has 3 aromatic rings. The van der Waals surface area contributed by atoms with E-state index >= 15 is 0 Å². The quantitative estimate of drug-likeness (QED) is 0.478. The summed E-state index contributed by atoms with van der Waals surface area (Å²) in [5.41, 5.74) is 4.58. The van der Waals surface area contributed by atoms with Gasteiger partial charge in [-0.1, -0.05) is 11.6 Å². The lowest BCUT2D eigenvalue weighted by Gasteiger charge is -2.34. The van der Waals surface area contributed by atoms with Crippen molar-refractivity contribution < 1.29 is 14.3 Å². The number of aryl methyl sites for hydroxylation is 2. The zero-order valence-corrected chi connectivity index (χ0v) is 22.5. The van der Waals surface area contributed by atoms with Gasteiger partial charge in [0.2, 0.25) is 0 Å². The fourth-order valence-electron chi connectivity index (χ4n) is 5.18. The van der Waals surface area contributed by atoms with E-state index in [1.54, 1.807) is 6.07 Å². The van der Waals surface area contributed by atoms with Crippen LogP contribution in [0, 0.1) is 19.8 Å². The number of nitrogens with zero attached hydrogens (tertiary/aromatic N) is 2. The molecule has 0 radical (unpaired) electrons. The van der Waals surface area contributed by atoms with Crippen molar-refractivity contribution in [3.63, 3.8) is 0 Å². The number of nitrogens with one attached hydrogen (secondary N) is 2. The van der Waals surface area contributed by atoms with E-state index in [2.05, 4.69) is 15.4 Å². The van der Waals surface area contributed by atoms with Crippen molar-refractivity contribution in [1.29, 1.82) is 0 Å². The second-order valence-corrected chi connectivity index (χ2v) is 10.9. The molecule has 8 nitrogen and oxygen atoms in total. The normalized spacial score (nSPS) is 20.3. The Hall–Kier alpha value is -2.91. The zero-order valence-electron chi connectivity index (χ0n) is 21.0. The second kappa shape index (κ2) is 9.19. The molecule has 10 heteroatoms. The number of fused-ring (bicyclic) bond motifs is 2. The molecule has 1 amide bonds. The fraction of sp³-hybridized carbons (Fsp3) is 0.423. The number of hydrogen-bond donors (Lipinski definition) is 2. The van der Waals surface area contributed by atoms with Gasteiger partial charge in [0.15, 0.2) is 11.5 Å². The molecule has 2 atom stereocenters. The van der Waals surface area contributed by atoms with Crippen molar-refractivity contribution in [3.05, 3.63) is 67.3 Å². The SMILES string of the molecule is CSc1cc(C)[nH]c(=O)c1CNC(=O)c1cc(Cl)c2c(c1C)OC(C)(C1CCc3c(cnn3C)C1)O2. The molecule has 0 saturated heterocycles. The van der Waals surface area contributed by atoms with Gasteiger partial charge in [-0.15, -0.1) is 11.8 Å². The molecular formula is C26H29ClN4O4S. The zero-order chi connectivity index (χ0) is 25.8. The average Bonchev–Trinajstić information content (AvgIpc) is 3.41. The van der Waals surface area contributed by atoms with E-state index in [1.807, 2.05) is 51.0 Å². The Labute approximate surface area is 218 Å². The number of carbonyl (C=O) groups excluding carboxylic acids is 1. The molecular weight excluding hydrogens is 500 g/mol. The number of thioether (sulfide) groups is 1. The van der Waals surface area contributed by atoms with Crippen molar-refractivity contribution in [1.82, 2.24) is 20.1 Å². The monoisotopic (exact) mass is 528 g/mol. The van der Waals surface area contributed by atoms with Gasteiger partial charge in [-0.25, -0.2) is 0 Å². The van der Waals surface area contributed by atoms with E-state index in [0.717, 1.165) is 29.9 Å². The molecule has 2 aliphatic rings. The van der Waals surface area contributed by atoms with Gasteiger partial charge < -0.3 is 19.8 Å². The predicted octanol–water partition coefficient (Wildman–Crippen LogP) is 4.32. The number of aromatic nitrogens is 3. The molecule has 0 spiro atoms. The lowest BCUT2D eigenvalue weighted by atomic mass is 9.82. The highest BCUT2D eigenvalue weighted by molar-refractivity contribution is 7.98. The van der Waals surface area contributed by atoms with Gasteiger partial charge in [0.05, 0.1) is 11.2 Å². The Morgan fingerprint density at radius 3 is 2.83 bits per heavy atom. The Kier molecular flexibility index (Phi) is 6.32. The van der Waals surface area contributed by atoms with Crippen LogP contribution < -0.4 is 20.3 Å². The number of pyridine rings is 1. The standard InChI is InChI=1S/C26H29ClN4O4S/c1-13-8-21(36-5)18(25(33)30-13)12-28-24(32)17-10-19(27)23-22(14(17)2)34-26(3,35-23)16-6-7-20-15(9-16)11-29-31(20)4/h8,10-11,16H,6-7,9,12H2,1-5H3,(H,28,32)(H,30,33). The largest absolute Gasteiger partial charge is 0.448 e. The number of aromatic amines is 1. The Bertz CT molecular complexity index is 1430. The molecule has 2 N–H and O–H groups in total. The van der Waals surface area contributed by atoms with E-state index in [0.29, 0.717) is 33.2 Å². The number of carbonyl (C=O) groups is 1. The van der Waals surface area contributed by atoms with Crippen LogP contribution in [0.2, 0.25) is 5.02 Å². The summed E-state index contributed by atoms with van der Waals surface area (Å²) >= 11 is 8.06. The van der Waals surface area contributed by atoms with Crippen molar-refractivity contribution in [3.8, 4) is 11.5 Å². The van der Waals surface area contributed by atoms with E-state index in [4.69, 9.17) is 21.1 Å². The van der Waals surface area contributed by atoms with Gasteiger partial charge in [0.25, 0.3) is 17.3 Å². The topological polar surface area (TPSA) is 98.2 Å². The Morgan fingerprint density at radius 2 is 2.08 bits per heavy atom. The van der Waals surface area contributed by atoms with Crippen LogP contribution in [0.5, 0.6) is 11.5 Å². The molecule has 2 unspecified atom stereocenters. The third kappa shape index (κ3) is 4.18. The number of H-pyrrole nitrogens is 1. The molecule has 1 aromatic carbocycles. The van der Waals surface area contributed by atoms with Crippen LogP contribution in [0.4, 0.5) is 0 Å². The van der Waals surface area contributed by atoms with Crippen LogP contribution in [-0.2, 0) is 26.4 Å². The molecule has 2 aromatic heterocycles. The van der Waals surface area contributed by atoms with Crippen molar-refractivity contribution in [2.24, 2.45) is 13.0 Å². The predicted molar refractivity (Wildman–Crippen MR) is 139 cm³/mol. The Balaban J connectivity index is 1.37. The summed E-state index contributed by atoms with van der Waals surface area (Å²) in [6, 6.07) is 3.51. The van der Waals surface area contributed by atoms with E-state index in [9.17, 15) is 9.59 Å². The second-order valence-electron chi connectivity index (χ2n) is 9.60. The minimum Gasteiger partial charge on any atom is -0.448 e. The van der Waals surface area contributed by atoms with Crippen LogP contribution in [0.3, 0.4) is 0 Å². The summed E-state index contributed by atoms with van der Waals surface area (Å²) in [5, 5.41) is 7.58. The first-order valence-corrected chi connectivity index (χ1v) is 13.5. The highest BCUT2D eigenvalue weighted by Crippen LogP contribution is 2.51. The highest BCUT2D eigenvalue weighted by Gasteiger charge is 2.47. The number of halogens is 1. The molecule has 1 aliphatic carbocycles. The molecule has 0 saturated carbocycles. The molecule has 5 rings (SSSR count). The summed E-state index contributed by atoms with van der Waals surface area (Å²) < 4.78 is 14.7. The first-order chi connectivity index (χ1) is 17.1. The van der Waals surface area contributed by atoms with Gasteiger partial charge in [-0.2, -0.15) is 5.10 Å². The lowest BCUT2D eigenvalue weighted by Crippen LogP contribution is -2.45. The maximum absolute atomic E-state index is 13.2. The van der Waals surface area contributed by atoms with Gasteiger partial charge in [-0.05, 0) is 57.1 Å². The lowest BCUT2D eigenvalue weighted by molar-refractivity contribution is -0.114. The number of benzene rings is 1. The summed E-state index contributed by atoms with van der Waals surface area (Å²) in [6.45, 7) is 5.69. The fourth-order valence-corrected chi connectivity index (χ4v) is 6.11. The van der Waals surface area contributed by atoms with Crippen LogP contribution in [0.1, 0.15) is 51.8 Å². The van der Waals surface area contributed by atoms with Gasteiger partial charge >= 0.3 is 0 Å². The van der Waals surface area contributed by atoms with Crippen molar-refractivity contribution in [2.75, 3.05) is 6.26 Å². The highest BCUT2D eigenvalue weighted by atomic mass is 35.5. The van der Waals surface area contributed by atoms with Crippen LogP contribution in [0.15, 0.2) is 28.0 Å². The summed E-state index contributed by atoms with van der Waals surface area (Å²) in [4.78, 5) is 29.3. The molecule has 190 valence electrons. The van der Waals surface area contributed by atoms with Crippen molar-refractivity contribution in [2.45, 2.75) is 57.3 Å². The van der Waals surface area contributed by atoms with Gasteiger partial charge in [0, 0.05) is 59.4 Å². The molecule has 36 heavy (non-hydrogen) atoms. The molecule has 0 bridgehead atoms. The van der Waals surface area contributed by atoms with Crippen LogP contribution >= 0.6 is 23.4 Å². The number of hydrogen-bond acceptors (Lipinski definition) is 6. The van der Waals surface area contributed by atoms with Gasteiger partial charge in [-0.3, -0.25) is 14.3 Å². The van der Waals surface area contributed by atoms with E-state index in [-0.39, 0.29) is 23.9 Å². The first kappa shape index (κ1) is 24.8. The molecule has 0 fully saturated rings. The third-order valence-electron chi connectivity index (χ3n) is 7.25. The number of amides is 1. The maximum atomic E-state index is 13.2. The smallest absolute Gasteiger partial charge is 0.254 e. The van der Waals surface area contributed by atoms with E-state index < -0.39 is 5.79 Å². The average molecular weight is 529 g/mol. The van der Waals surface area contributed by atoms with Crippen molar-refractivity contribution >= 4 is 29.3 Å². The number of ether oxygens (including phenoxy) is 2. The minimum atomic E-state index is -0.901. The molecule has 3 heterocycles. The van der Waals surface area contributed by atoms with E-state index in [1.165, 1.54) is 23.0 Å². The van der Waals surface area contributed by atoms with Crippen LogP contribution in [-0.4, -0.2) is 32.7 Å². The summed E-state index contributed by atoms with van der Waals surface area (Å²) in [5.74, 6) is -0.177. The first-order valence-electron chi connectivity index (χ1n) is 11.9. The summed E-state index contributed by atoms with van der Waals surface area (Å²) in [7, 11) is 1.96. The molecule has 1 aliphatic heterocycles. The van der Waals surface area contributed by atoms with Crippen LogP contribution in [0.25, 0.3) is 0 Å². The Morgan fingerprint density at radius 1 is 1.33 bits per heavy atom. The maximum Gasteiger partial charge on any atom is 0.254 e. The summed E-state index contributed by atoms with van der Waals surface area (Å²) in [6.07, 6.45) is 6.39.